The summed E-state index contributed by atoms with van der Waals surface area (Å²) in [5.74, 6) is -0.0723. The predicted molar refractivity (Wildman–Crippen MR) is 88.3 cm³/mol. The van der Waals surface area contributed by atoms with Crippen molar-refractivity contribution in [2.45, 2.75) is 65.0 Å². The number of nitrogens with zero attached hydrogens (tertiary/aromatic N) is 1. The van der Waals surface area contributed by atoms with E-state index in [4.69, 9.17) is 0 Å². The molecule has 0 saturated carbocycles. The summed E-state index contributed by atoms with van der Waals surface area (Å²) < 4.78 is 14.3. The van der Waals surface area contributed by atoms with Crippen LogP contribution in [0.25, 0.3) is 0 Å². The molecule has 1 unspecified atom stereocenters. The number of nitrogens with one attached hydrogen (secondary N) is 1. The molecule has 1 aromatic rings. The van der Waals surface area contributed by atoms with E-state index in [0.29, 0.717) is 12.6 Å². The Labute approximate surface area is 128 Å². The molecular formula is C18H29FN2. The Morgan fingerprint density at radius 1 is 1.24 bits per heavy atom. The van der Waals surface area contributed by atoms with Gasteiger partial charge in [-0.15, -0.1) is 0 Å². The fourth-order valence-electron chi connectivity index (χ4n) is 3.33. The summed E-state index contributed by atoms with van der Waals surface area (Å²) in [6.07, 6.45) is 7.24. The Hall–Kier alpha value is -1.09. The van der Waals surface area contributed by atoms with Crippen LogP contribution in [0.4, 0.5) is 10.1 Å². The summed E-state index contributed by atoms with van der Waals surface area (Å²) in [4.78, 5) is 2.46. The van der Waals surface area contributed by atoms with Gasteiger partial charge in [0, 0.05) is 30.4 Å². The van der Waals surface area contributed by atoms with E-state index in [9.17, 15) is 4.39 Å². The third-order valence-electron chi connectivity index (χ3n) is 4.38. The molecule has 118 valence electrons. The predicted octanol–water partition coefficient (Wildman–Crippen LogP) is 4.48. The first-order valence-electron chi connectivity index (χ1n) is 8.52. The molecule has 1 aromatic carbocycles. The van der Waals surface area contributed by atoms with Gasteiger partial charge in [-0.05, 0) is 50.8 Å². The normalized spacial score (nSPS) is 19.0. The van der Waals surface area contributed by atoms with Crippen LogP contribution < -0.4 is 10.2 Å². The lowest BCUT2D eigenvalue weighted by atomic mass is 9.96. The first-order chi connectivity index (χ1) is 10.3. The first kappa shape index (κ1) is 16.3. The van der Waals surface area contributed by atoms with Crippen molar-refractivity contribution in [1.82, 2.24) is 5.32 Å². The second-order valence-corrected chi connectivity index (χ2v) is 6.05. The maximum absolute atomic E-state index is 14.3. The Morgan fingerprint density at radius 2 is 2.10 bits per heavy atom. The van der Waals surface area contributed by atoms with Crippen molar-refractivity contribution < 1.29 is 4.39 Å². The van der Waals surface area contributed by atoms with Crippen LogP contribution in [-0.2, 0) is 6.54 Å². The Bertz CT molecular complexity index is 431. The summed E-state index contributed by atoms with van der Waals surface area (Å²) in [6, 6.07) is 6.12. The van der Waals surface area contributed by atoms with E-state index in [1.165, 1.54) is 32.1 Å². The number of piperidine rings is 1. The van der Waals surface area contributed by atoms with E-state index >= 15 is 0 Å². The fourth-order valence-corrected chi connectivity index (χ4v) is 3.33. The molecule has 3 heteroatoms. The van der Waals surface area contributed by atoms with Crippen LogP contribution in [0, 0.1) is 5.82 Å². The van der Waals surface area contributed by atoms with Gasteiger partial charge in [-0.1, -0.05) is 26.3 Å². The zero-order valence-corrected chi connectivity index (χ0v) is 13.5. The van der Waals surface area contributed by atoms with Crippen molar-refractivity contribution in [2.75, 3.05) is 18.0 Å². The second kappa shape index (κ2) is 8.38. The van der Waals surface area contributed by atoms with E-state index in [2.05, 4.69) is 30.1 Å². The number of hydrogen-bond donors (Lipinski definition) is 1. The molecule has 2 nitrogen and oxygen atoms in total. The second-order valence-electron chi connectivity index (χ2n) is 6.05. The molecule has 1 fully saturated rings. The summed E-state index contributed by atoms with van der Waals surface area (Å²) in [5.41, 5.74) is 1.95. The Balaban J connectivity index is 2.21. The average molecular weight is 292 g/mol. The zero-order valence-electron chi connectivity index (χ0n) is 13.5. The van der Waals surface area contributed by atoms with Gasteiger partial charge in [0.25, 0.3) is 0 Å². The molecule has 0 spiro atoms. The monoisotopic (exact) mass is 292 g/mol. The lowest BCUT2D eigenvalue weighted by Crippen LogP contribution is -2.40. The minimum atomic E-state index is -0.0723. The molecule has 0 aliphatic carbocycles. The minimum absolute atomic E-state index is 0.0723. The molecule has 1 aliphatic rings. The van der Waals surface area contributed by atoms with Gasteiger partial charge in [0.15, 0.2) is 0 Å². The van der Waals surface area contributed by atoms with E-state index in [1.54, 1.807) is 6.07 Å². The van der Waals surface area contributed by atoms with Crippen molar-refractivity contribution in [3.05, 3.63) is 29.6 Å². The number of hydrogen-bond acceptors (Lipinski definition) is 2. The van der Waals surface area contributed by atoms with E-state index in [0.717, 1.165) is 30.8 Å². The third kappa shape index (κ3) is 4.19. The Kier molecular flexibility index (Phi) is 6.50. The van der Waals surface area contributed by atoms with Crippen LogP contribution in [0.3, 0.4) is 0 Å². The number of benzene rings is 1. The quantitative estimate of drug-likeness (QED) is 0.745. The molecule has 1 N–H and O–H groups in total. The topological polar surface area (TPSA) is 15.3 Å². The highest BCUT2D eigenvalue weighted by Gasteiger charge is 2.24. The first-order valence-corrected chi connectivity index (χ1v) is 8.52. The van der Waals surface area contributed by atoms with Crippen molar-refractivity contribution in [2.24, 2.45) is 0 Å². The smallest absolute Gasteiger partial charge is 0.129 e. The number of anilines is 1. The molecule has 1 atom stereocenters. The summed E-state index contributed by atoms with van der Waals surface area (Å²) in [6.45, 7) is 7.01. The lowest BCUT2D eigenvalue weighted by molar-refractivity contribution is 0.432. The van der Waals surface area contributed by atoms with Gasteiger partial charge in [0.2, 0.25) is 0 Å². The minimum Gasteiger partial charge on any atom is -0.368 e. The molecule has 1 heterocycles. The number of halogens is 1. The van der Waals surface area contributed by atoms with Gasteiger partial charge in [-0.2, -0.15) is 0 Å². The summed E-state index contributed by atoms with van der Waals surface area (Å²) >= 11 is 0. The van der Waals surface area contributed by atoms with E-state index in [1.807, 2.05) is 6.07 Å². The highest BCUT2D eigenvalue weighted by atomic mass is 19.1. The molecule has 2 rings (SSSR count). The van der Waals surface area contributed by atoms with Gasteiger partial charge < -0.3 is 10.2 Å². The van der Waals surface area contributed by atoms with Gasteiger partial charge >= 0.3 is 0 Å². The summed E-state index contributed by atoms with van der Waals surface area (Å²) in [7, 11) is 0. The zero-order chi connectivity index (χ0) is 15.1. The molecule has 21 heavy (non-hydrogen) atoms. The third-order valence-corrected chi connectivity index (χ3v) is 4.38. The molecule has 0 aromatic heterocycles. The lowest BCUT2D eigenvalue weighted by Gasteiger charge is -2.39. The van der Waals surface area contributed by atoms with Gasteiger partial charge in [0.05, 0.1) is 0 Å². The van der Waals surface area contributed by atoms with Gasteiger partial charge in [0.1, 0.15) is 5.82 Å². The van der Waals surface area contributed by atoms with Gasteiger partial charge in [-0.3, -0.25) is 0 Å². The van der Waals surface area contributed by atoms with E-state index in [-0.39, 0.29) is 5.82 Å². The molecule has 0 radical (unpaired) electrons. The standard InChI is InChI=1S/C18H29FN2/c1-3-8-15-9-5-6-13-21(15)18-11-7-10-17(19)16(18)14-20-12-4-2/h7,10-11,15,20H,3-6,8-9,12-14H2,1-2H3. The highest BCUT2D eigenvalue weighted by molar-refractivity contribution is 5.55. The maximum Gasteiger partial charge on any atom is 0.129 e. The highest BCUT2D eigenvalue weighted by Crippen LogP contribution is 2.31. The van der Waals surface area contributed by atoms with Gasteiger partial charge in [-0.25, -0.2) is 4.39 Å². The maximum atomic E-state index is 14.3. The van der Waals surface area contributed by atoms with Crippen molar-refractivity contribution in [1.29, 1.82) is 0 Å². The molecule has 1 saturated heterocycles. The number of rotatable bonds is 7. The molecular weight excluding hydrogens is 263 g/mol. The fraction of sp³-hybridized carbons (Fsp3) is 0.667. The van der Waals surface area contributed by atoms with Crippen LogP contribution in [0.2, 0.25) is 0 Å². The van der Waals surface area contributed by atoms with Crippen LogP contribution in [0.15, 0.2) is 18.2 Å². The van der Waals surface area contributed by atoms with E-state index < -0.39 is 0 Å². The van der Waals surface area contributed by atoms with Crippen LogP contribution in [-0.4, -0.2) is 19.1 Å². The molecule has 0 amide bonds. The van der Waals surface area contributed by atoms with Crippen LogP contribution in [0.1, 0.15) is 57.9 Å². The van der Waals surface area contributed by atoms with Crippen LogP contribution in [0.5, 0.6) is 0 Å². The summed E-state index contributed by atoms with van der Waals surface area (Å²) in [5, 5.41) is 3.35. The molecule has 1 aliphatic heterocycles. The largest absolute Gasteiger partial charge is 0.368 e. The van der Waals surface area contributed by atoms with Crippen LogP contribution >= 0.6 is 0 Å². The SMILES string of the molecule is CCCNCc1c(F)cccc1N1CCCCC1CCC. The van der Waals surface area contributed by atoms with Crippen molar-refractivity contribution in [3.63, 3.8) is 0 Å². The van der Waals surface area contributed by atoms with Crippen molar-refractivity contribution in [3.8, 4) is 0 Å². The Morgan fingerprint density at radius 3 is 2.86 bits per heavy atom. The average Bonchev–Trinajstić information content (AvgIpc) is 2.50. The molecule has 0 bridgehead atoms. The van der Waals surface area contributed by atoms with Crippen molar-refractivity contribution >= 4 is 5.69 Å².